The molecule has 2 heterocycles. The number of nitrogens with zero attached hydrogens (tertiary/aromatic N) is 2. The third-order valence-electron chi connectivity index (χ3n) is 3.80. The zero-order chi connectivity index (χ0) is 16.6. The van der Waals surface area contributed by atoms with Crippen LogP contribution in [0.3, 0.4) is 0 Å². The van der Waals surface area contributed by atoms with E-state index in [-0.39, 0.29) is 24.2 Å². The summed E-state index contributed by atoms with van der Waals surface area (Å²) in [6, 6.07) is 5.30. The molecule has 1 N–H and O–H groups in total. The molecule has 0 aliphatic carbocycles. The van der Waals surface area contributed by atoms with Gasteiger partial charge in [0.25, 0.3) is 5.91 Å². The van der Waals surface area contributed by atoms with Gasteiger partial charge < -0.3 is 10.0 Å². The minimum atomic E-state index is -0.807. The Bertz CT molecular complexity index is 739. The molecule has 0 bridgehead atoms. The summed E-state index contributed by atoms with van der Waals surface area (Å²) in [5.41, 5.74) is 0.175. The van der Waals surface area contributed by atoms with Crippen LogP contribution in [0.4, 0.5) is 8.78 Å². The summed E-state index contributed by atoms with van der Waals surface area (Å²) in [5, 5.41) is 10.3. The van der Waals surface area contributed by atoms with Crippen molar-refractivity contribution >= 4 is 17.5 Å². The molecule has 7 heteroatoms. The Hall–Kier alpha value is -2.05. The van der Waals surface area contributed by atoms with Crippen molar-refractivity contribution in [1.82, 2.24) is 9.88 Å². The van der Waals surface area contributed by atoms with Crippen molar-refractivity contribution in [2.24, 2.45) is 0 Å². The van der Waals surface area contributed by atoms with E-state index >= 15 is 0 Å². The van der Waals surface area contributed by atoms with Crippen molar-refractivity contribution in [1.29, 1.82) is 0 Å². The third kappa shape index (κ3) is 3.18. The van der Waals surface area contributed by atoms with Crippen LogP contribution < -0.4 is 0 Å². The Morgan fingerprint density at radius 1 is 1.30 bits per heavy atom. The summed E-state index contributed by atoms with van der Waals surface area (Å²) >= 11 is 5.74. The van der Waals surface area contributed by atoms with Crippen molar-refractivity contribution in [2.45, 2.75) is 18.6 Å². The minimum Gasteiger partial charge on any atom is -0.391 e. The van der Waals surface area contributed by atoms with Crippen molar-refractivity contribution in [3.05, 3.63) is 64.4 Å². The van der Waals surface area contributed by atoms with E-state index in [4.69, 9.17) is 11.6 Å². The van der Waals surface area contributed by atoms with E-state index in [1.54, 1.807) is 0 Å². The Morgan fingerprint density at radius 3 is 2.78 bits per heavy atom. The molecule has 1 aliphatic heterocycles. The van der Waals surface area contributed by atoms with Gasteiger partial charge >= 0.3 is 0 Å². The largest absolute Gasteiger partial charge is 0.391 e. The lowest BCUT2D eigenvalue weighted by Gasteiger charge is -2.24. The number of likely N-dealkylation sites (tertiary alicyclic amines) is 1. The van der Waals surface area contributed by atoms with Gasteiger partial charge in [0.1, 0.15) is 17.3 Å². The van der Waals surface area contributed by atoms with Gasteiger partial charge in [-0.1, -0.05) is 11.6 Å². The molecule has 0 saturated carbocycles. The average molecular weight is 339 g/mol. The SMILES string of the molecule is O=C(c1ccc(Cl)cn1)N1C[C@@H](O)C[C@@H]1c1cc(F)ccc1F. The normalized spacial score (nSPS) is 20.8. The molecule has 1 aromatic heterocycles. The zero-order valence-electron chi connectivity index (χ0n) is 11.9. The van der Waals surface area contributed by atoms with E-state index in [0.717, 1.165) is 18.2 Å². The van der Waals surface area contributed by atoms with Crippen LogP contribution in [0.15, 0.2) is 36.5 Å². The fourth-order valence-electron chi connectivity index (χ4n) is 2.75. The molecule has 2 atom stereocenters. The number of rotatable bonds is 2. The highest BCUT2D eigenvalue weighted by atomic mass is 35.5. The first kappa shape index (κ1) is 15.8. The highest BCUT2D eigenvalue weighted by Crippen LogP contribution is 2.35. The number of hydrogen-bond donors (Lipinski definition) is 1. The lowest BCUT2D eigenvalue weighted by atomic mass is 10.0. The van der Waals surface area contributed by atoms with Crippen molar-refractivity contribution < 1.29 is 18.7 Å². The van der Waals surface area contributed by atoms with Gasteiger partial charge in [0.15, 0.2) is 0 Å². The lowest BCUT2D eigenvalue weighted by molar-refractivity contribution is 0.0708. The first-order valence-electron chi connectivity index (χ1n) is 7.01. The summed E-state index contributed by atoms with van der Waals surface area (Å²) in [6.07, 6.45) is 0.664. The second-order valence-electron chi connectivity index (χ2n) is 5.39. The second-order valence-corrected chi connectivity index (χ2v) is 5.83. The number of hydrogen-bond acceptors (Lipinski definition) is 3. The van der Waals surface area contributed by atoms with E-state index in [2.05, 4.69) is 4.98 Å². The second kappa shape index (κ2) is 6.22. The van der Waals surface area contributed by atoms with Crippen LogP contribution in [0.5, 0.6) is 0 Å². The van der Waals surface area contributed by atoms with Gasteiger partial charge in [-0.05, 0) is 36.8 Å². The van der Waals surface area contributed by atoms with Gasteiger partial charge in [-0.25, -0.2) is 13.8 Å². The van der Waals surface area contributed by atoms with Gasteiger partial charge in [0.05, 0.1) is 17.2 Å². The molecule has 2 aromatic rings. The molecule has 120 valence electrons. The third-order valence-corrected chi connectivity index (χ3v) is 4.03. The van der Waals surface area contributed by atoms with Crippen LogP contribution in [0.25, 0.3) is 0 Å². The van der Waals surface area contributed by atoms with Crippen molar-refractivity contribution in [2.75, 3.05) is 6.54 Å². The molecule has 0 radical (unpaired) electrons. The Balaban J connectivity index is 1.95. The number of aliphatic hydroxyl groups is 1. The molecular formula is C16H13ClF2N2O2. The predicted octanol–water partition coefficient (Wildman–Crippen LogP) is 2.96. The molecule has 1 aromatic carbocycles. The number of carbonyl (C=O) groups is 1. The van der Waals surface area contributed by atoms with Crippen LogP contribution in [0.2, 0.25) is 5.02 Å². The number of β-amino-alcohol motifs (C(OH)–C–C–N with tert-alkyl or cyclic N) is 1. The summed E-state index contributed by atoms with van der Waals surface area (Å²) in [6.45, 7) is 0.0315. The van der Waals surface area contributed by atoms with Crippen LogP contribution in [0.1, 0.15) is 28.5 Å². The van der Waals surface area contributed by atoms with Gasteiger partial charge in [0, 0.05) is 18.3 Å². The fraction of sp³-hybridized carbons (Fsp3) is 0.250. The summed E-state index contributed by atoms with van der Waals surface area (Å²) in [5.74, 6) is -1.68. The zero-order valence-corrected chi connectivity index (χ0v) is 12.7. The van der Waals surface area contributed by atoms with Gasteiger partial charge in [-0.3, -0.25) is 4.79 Å². The van der Waals surface area contributed by atoms with Crippen molar-refractivity contribution in [3.8, 4) is 0 Å². The van der Waals surface area contributed by atoms with E-state index in [1.165, 1.54) is 23.2 Å². The Labute approximate surface area is 136 Å². The maximum absolute atomic E-state index is 14.0. The van der Waals surface area contributed by atoms with Crippen LogP contribution in [-0.2, 0) is 0 Å². The van der Waals surface area contributed by atoms with Gasteiger partial charge in [-0.15, -0.1) is 0 Å². The van der Waals surface area contributed by atoms with Crippen molar-refractivity contribution in [3.63, 3.8) is 0 Å². The fourth-order valence-corrected chi connectivity index (χ4v) is 2.86. The number of aromatic nitrogens is 1. The van der Waals surface area contributed by atoms with Gasteiger partial charge in [-0.2, -0.15) is 0 Å². The number of aliphatic hydroxyl groups excluding tert-OH is 1. The topological polar surface area (TPSA) is 53.4 Å². The lowest BCUT2D eigenvalue weighted by Crippen LogP contribution is -2.32. The van der Waals surface area contributed by atoms with E-state index in [1.807, 2.05) is 0 Å². The summed E-state index contributed by atoms with van der Waals surface area (Å²) in [4.78, 5) is 17.8. The molecule has 4 nitrogen and oxygen atoms in total. The van der Waals surface area contributed by atoms with E-state index in [0.29, 0.717) is 5.02 Å². The Kier molecular flexibility index (Phi) is 4.28. The van der Waals surface area contributed by atoms with E-state index in [9.17, 15) is 18.7 Å². The van der Waals surface area contributed by atoms with E-state index < -0.39 is 29.7 Å². The highest BCUT2D eigenvalue weighted by molar-refractivity contribution is 6.30. The Morgan fingerprint density at radius 2 is 2.09 bits per heavy atom. The monoisotopic (exact) mass is 338 g/mol. The van der Waals surface area contributed by atoms with Crippen LogP contribution in [-0.4, -0.2) is 33.5 Å². The highest BCUT2D eigenvalue weighted by Gasteiger charge is 2.37. The molecule has 23 heavy (non-hydrogen) atoms. The summed E-state index contributed by atoms with van der Waals surface area (Å²) in [7, 11) is 0. The number of carbonyl (C=O) groups excluding carboxylic acids is 1. The average Bonchev–Trinajstić information content (AvgIpc) is 2.91. The molecule has 1 aliphatic rings. The molecule has 1 saturated heterocycles. The first-order chi connectivity index (χ1) is 11.0. The number of pyridine rings is 1. The van der Waals surface area contributed by atoms with Crippen LogP contribution >= 0.6 is 11.6 Å². The number of amides is 1. The maximum atomic E-state index is 14.0. The predicted molar refractivity (Wildman–Crippen MR) is 80.0 cm³/mol. The molecular weight excluding hydrogens is 326 g/mol. The molecule has 3 rings (SSSR count). The first-order valence-corrected chi connectivity index (χ1v) is 7.39. The molecule has 0 unspecified atom stereocenters. The molecule has 1 amide bonds. The quantitative estimate of drug-likeness (QED) is 0.916. The maximum Gasteiger partial charge on any atom is 0.273 e. The summed E-state index contributed by atoms with van der Waals surface area (Å²) < 4.78 is 27.5. The molecule has 1 fully saturated rings. The standard InChI is InChI=1S/C16H13ClF2N2O2/c17-9-1-4-14(20-7-9)16(23)21-8-11(22)6-15(21)12-5-10(18)2-3-13(12)19/h1-5,7,11,15,22H,6,8H2/t11-,15+/m0/s1. The number of halogens is 3. The van der Waals surface area contributed by atoms with Crippen LogP contribution in [0, 0.1) is 11.6 Å². The smallest absolute Gasteiger partial charge is 0.273 e. The van der Waals surface area contributed by atoms with Gasteiger partial charge in [0.2, 0.25) is 0 Å². The minimum absolute atomic E-state index is 0.0315. The molecule has 0 spiro atoms. The number of benzene rings is 1.